The van der Waals surface area contributed by atoms with Crippen LogP contribution < -0.4 is 4.74 Å². The second-order valence-corrected chi connectivity index (χ2v) is 6.88. The largest absolute Gasteiger partial charge is 0.490 e. The van der Waals surface area contributed by atoms with E-state index in [1.807, 2.05) is 36.4 Å². The fraction of sp³-hybridized carbons (Fsp3) is 0.240. The van der Waals surface area contributed by atoms with E-state index in [0.29, 0.717) is 43.0 Å². The third-order valence-corrected chi connectivity index (χ3v) is 4.68. The number of hydrogen-bond donors (Lipinski definition) is 0. The molecule has 1 unspecified atom stereocenters. The molecule has 3 rings (SSSR count). The number of esters is 1. The molecule has 1 aliphatic rings. The number of rotatable bonds is 13. The molecule has 1 aliphatic carbocycles. The summed E-state index contributed by atoms with van der Waals surface area (Å²) in [6, 6.07) is 14.6. The minimum Gasteiger partial charge on any atom is -0.490 e. The smallest absolute Gasteiger partial charge is 0.343 e. The zero-order chi connectivity index (χ0) is 23.3. The van der Waals surface area contributed by atoms with Crippen molar-refractivity contribution in [3.63, 3.8) is 0 Å². The third kappa shape index (κ3) is 7.62. The molecule has 8 heteroatoms. The highest BCUT2D eigenvalue weighted by molar-refractivity contribution is 5.91. The Hall–Kier alpha value is -3.91. The average molecular weight is 452 g/mol. The van der Waals surface area contributed by atoms with Gasteiger partial charge in [0.15, 0.2) is 0 Å². The molecule has 0 aliphatic heterocycles. The molecule has 8 nitrogen and oxygen atoms in total. The average Bonchev–Trinajstić information content (AvgIpc) is 2.86. The third-order valence-electron chi connectivity index (χ3n) is 4.68. The minimum atomic E-state index is -0.447. The summed E-state index contributed by atoms with van der Waals surface area (Å²) in [6.07, 6.45) is 5.68. The molecule has 0 aromatic heterocycles. The molecule has 1 atom stereocenters. The van der Waals surface area contributed by atoms with Crippen LogP contribution in [0.5, 0.6) is 5.75 Å². The van der Waals surface area contributed by atoms with Crippen LogP contribution in [0.3, 0.4) is 0 Å². The second-order valence-electron chi connectivity index (χ2n) is 6.88. The van der Waals surface area contributed by atoms with Crippen molar-refractivity contribution >= 4 is 18.9 Å². The maximum absolute atomic E-state index is 12.5. The molecule has 0 amide bonds. The van der Waals surface area contributed by atoms with Gasteiger partial charge in [0, 0.05) is 0 Å². The topological polar surface area (TPSA) is 97.4 Å². The maximum atomic E-state index is 12.5. The minimum absolute atomic E-state index is 0.150. The van der Waals surface area contributed by atoms with Gasteiger partial charge in [-0.15, -0.1) is 0 Å². The van der Waals surface area contributed by atoms with Gasteiger partial charge in [-0.2, -0.15) is 0 Å². The Morgan fingerprint density at radius 1 is 0.848 bits per heavy atom. The van der Waals surface area contributed by atoms with Crippen molar-refractivity contribution < 1.29 is 38.1 Å². The first-order valence-corrected chi connectivity index (χ1v) is 10.4. The molecule has 2 aromatic carbocycles. The van der Waals surface area contributed by atoms with Crippen LogP contribution in [0.4, 0.5) is 0 Å². The SMILES string of the molecule is O=COCCOc1ccc(-c2ccc(C(=O)OC3=CCC(OCCOC=O)C=C3)cc2)cc1. The van der Waals surface area contributed by atoms with Crippen LogP contribution in [-0.4, -0.2) is 51.4 Å². The first kappa shape index (κ1) is 23.7. The quantitative estimate of drug-likeness (QED) is 0.197. The summed E-state index contributed by atoms with van der Waals surface area (Å²) in [5.41, 5.74) is 2.35. The van der Waals surface area contributed by atoms with Crippen molar-refractivity contribution in [1.82, 2.24) is 0 Å². The summed E-state index contributed by atoms with van der Waals surface area (Å²) in [5, 5.41) is 0. The van der Waals surface area contributed by atoms with Gasteiger partial charge in [0.05, 0.1) is 18.3 Å². The van der Waals surface area contributed by atoms with Gasteiger partial charge in [-0.25, -0.2) is 4.79 Å². The molecular formula is C25H24O8. The van der Waals surface area contributed by atoms with E-state index in [-0.39, 0.29) is 25.9 Å². The van der Waals surface area contributed by atoms with Crippen molar-refractivity contribution in [3.8, 4) is 16.9 Å². The van der Waals surface area contributed by atoms with E-state index >= 15 is 0 Å². The van der Waals surface area contributed by atoms with Crippen LogP contribution in [0, 0.1) is 0 Å². The van der Waals surface area contributed by atoms with Crippen LogP contribution in [0.15, 0.2) is 72.5 Å². The van der Waals surface area contributed by atoms with Gasteiger partial charge in [-0.05, 0) is 54.0 Å². The molecule has 0 spiro atoms. The van der Waals surface area contributed by atoms with E-state index in [1.54, 1.807) is 30.4 Å². The van der Waals surface area contributed by atoms with Crippen LogP contribution >= 0.6 is 0 Å². The van der Waals surface area contributed by atoms with E-state index in [4.69, 9.17) is 14.2 Å². The predicted molar refractivity (Wildman–Crippen MR) is 118 cm³/mol. The van der Waals surface area contributed by atoms with Gasteiger partial charge in [-0.1, -0.05) is 30.3 Å². The molecule has 0 N–H and O–H groups in total. The molecule has 0 saturated heterocycles. The maximum Gasteiger partial charge on any atom is 0.343 e. The zero-order valence-electron chi connectivity index (χ0n) is 17.9. The van der Waals surface area contributed by atoms with E-state index in [2.05, 4.69) is 9.47 Å². The lowest BCUT2D eigenvalue weighted by Gasteiger charge is -2.16. The second kappa shape index (κ2) is 12.8. The lowest BCUT2D eigenvalue weighted by molar-refractivity contribution is -0.130. The number of carbonyl (C=O) groups is 3. The molecule has 0 fully saturated rings. The van der Waals surface area contributed by atoms with Crippen molar-refractivity contribution in [2.75, 3.05) is 26.4 Å². The van der Waals surface area contributed by atoms with Crippen molar-refractivity contribution in [1.29, 1.82) is 0 Å². The Kier molecular flexibility index (Phi) is 9.23. The monoisotopic (exact) mass is 452 g/mol. The summed E-state index contributed by atoms with van der Waals surface area (Å²) >= 11 is 0. The summed E-state index contributed by atoms with van der Waals surface area (Å²) in [4.78, 5) is 32.7. The van der Waals surface area contributed by atoms with E-state index in [1.165, 1.54) is 0 Å². The lowest BCUT2D eigenvalue weighted by Crippen LogP contribution is -2.16. The molecular weight excluding hydrogens is 428 g/mol. The van der Waals surface area contributed by atoms with Gasteiger partial charge in [0.2, 0.25) is 0 Å². The van der Waals surface area contributed by atoms with Gasteiger partial charge in [-0.3, -0.25) is 9.59 Å². The number of hydrogen-bond acceptors (Lipinski definition) is 8. The summed E-state index contributed by atoms with van der Waals surface area (Å²) in [7, 11) is 0. The highest BCUT2D eigenvalue weighted by Gasteiger charge is 2.14. The molecule has 0 radical (unpaired) electrons. The van der Waals surface area contributed by atoms with Crippen molar-refractivity contribution in [2.45, 2.75) is 12.5 Å². The zero-order valence-corrected chi connectivity index (χ0v) is 17.9. The lowest BCUT2D eigenvalue weighted by atomic mass is 10.0. The van der Waals surface area contributed by atoms with Gasteiger partial charge in [0.1, 0.15) is 31.3 Å². The fourth-order valence-corrected chi connectivity index (χ4v) is 3.04. The fourth-order valence-electron chi connectivity index (χ4n) is 3.04. The molecule has 33 heavy (non-hydrogen) atoms. The first-order chi connectivity index (χ1) is 16.2. The van der Waals surface area contributed by atoms with E-state index in [9.17, 15) is 14.4 Å². The van der Waals surface area contributed by atoms with Gasteiger partial charge < -0.3 is 23.7 Å². The highest BCUT2D eigenvalue weighted by atomic mass is 16.6. The Balaban J connectivity index is 1.48. The highest BCUT2D eigenvalue weighted by Crippen LogP contribution is 2.24. The summed E-state index contributed by atoms with van der Waals surface area (Å²) in [5.74, 6) is 0.684. The molecule has 0 bridgehead atoms. The molecule has 2 aromatic rings. The predicted octanol–water partition coefficient (Wildman–Crippen LogP) is 3.46. The summed E-state index contributed by atoms with van der Waals surface area (Å²) in [6.45, 7) is 1.75. The van der Waals surface area contributed by atoms with E-state index < -0.39 is 5.97 Å². The number of carbonyl (C=O) groups excluding carboxylic acids is 3. The molecule has 172 valence electrons. The Bertz CT molecular complexity index is 976. The van der Waals surface area contributed by atoms with Gasteiger partial charge in [0.25, 0.3) is 12.9 Å². The van der Waals surface area contributed by atoms with Gasteiger partial charge >= 0.3 is 5.97 Å². The van der Waals surface area contributed by atoms with Crippen LogP contribution in [0.2, 0.25) is 0 Å². The van der Waals surface area contributed by atoms with Crippen LogP contribution in [0.1, 0.15) is 16.8 Å². The number of ether oxygens (including phenoxy) is 5. The first-order valence-electron chi connectivity index (χ1n) is 10.4. The molecule has 0 saturated carbocycles. The van der Waals surface area contributed by atoms with Crippen molar-refractivity contribution in [2.24, 2.45) is 0 Å². The number of allylic oxidation sites excluding steroid dienone is 1. The Morgan fingerprint density at radius 2 is 1.48 bits per heavy atom. The normalized spacial score (nSPS) is 14.7. The Morgan fingerprint density at radius 3 is 2.09 bits per heavy atom. The van der Waals surface area contributed by atoms with Crippen LogP contribution in [0.25, 0.3) is 11.1 Å². The van der Waals surface area contributed by atoms with E-state index in [0.717, 1.165) is 11.1 Å². The molecule has 0 heterocycles. The Labute approximate surface area is 191 Å². The number of benzene rings is 2. The standard InChI is InChI=1S/C25H24O8/c26-17-29-13-15-31-22-7-5-20(6-8-22)19-1-3-21(4-2-19)25(28)33-24-11-9-23(10-12-24)32-16-14-30-18-27/h1-9,11-12,17-18,23H,10,13-16H2. The van der Waals surface area contributed by atoms with Crippen LogP contribution in [-0.2, 0) is 28.5 Å². The summed E-state index contributed by atoms with van der Waals surface area (Å²) < 4.78 is 25.6. The van der Waals surface area contributed by atoms with Crippen molar-refractivity contribution in [3.05, 3.63) is 78.1 Å².